The Balaban J connectivity index is 2.12. The molecule has 0 heterocycles. The molecule has 2 aromatic rings. The molecule has 90 valence electrons. The van der Waals surface area contributed by atoms with Gasteiger partial charge < -0.3 is 4.74 Å². The Morgan fingerprint density at radius 2 is 2.00 bits per heavy atom. The predicted octanol–water partition coefficient (Wildman–Crippen LogP) is 3.93. The van der Waals surface area contributed by atoms with E-state index in [9.17, 15) is 4.39 Å². The lowest BCUT2D eigenvalue weighted by molar-refractivity contribution is 0.305. The van der Waals surface area contributed by atoms with E-state index in [1.165, 1.54) is 12.1 Å². The van der Waals surface area contributed by atoms with E-state index in [1.54, 1.807) is 30.3 Å². The first-order valence-electron chi connectivity index (χ1n) is 5.26. The van der Waals surface area contributed by atoms with Crippen molar-refractivity contribution in [2.45, 2.75) is 6.61 Å². The van der Waals surface area contributed by atoms with Crippen molar-refractivity contribution in [3.63, 3.8) is 0 Å². The molecule has 2 nitrogen and oxygen atoms in total. The Morgan fingerprint density at radius 1 is 1.22 bits per heavy atom. The number of nitrogens with zero attached hydrogens (tertiary/aromatic N) is 1. The summed E-state index contributed by atoms with van der Waals surface area (Å²) in [5.74, 6) is 0.0401. The second kappa shape index (κ2) is 5.52. The molecule has 0 N–H and O–H groups in total. The molecular weight excluding hydrogens is 253 g/mol. The predicted molar refractivity (Wildman–Crippen MR) is 66.9 cm³/mol. The summed E-state index contributed by atoms with van der Waals surface area (Å²) in [6.07, 6.45) is 0. The smallest absolute Gasteiger partial charge is 0.141 e. The molecule has 0 atom stereocenters. The van der Waals surface area contributed by atoms with Crippen molar-refractivity contribution < 1.29 is 9.13 Å². The van der Waals surface area contributed by atoms with Gasteiger partial charge in [0.1, 0.15) is 24.2 Å². The van der Waals surface area contributed by atoms with Gasteiger partial charge >= 0.3 is 0 Å². The molecule has 2 rings (SSSR count). The lowest BCUT2D eigenvalue weighted by atomic mass is 10.2. The highest BCUT2D eigenvalue weighted by Gasteiger charge is 2.04. The number of rotatable bonds is 3. The van der Waals surface area contributed by atoms with Gasteiger partial charge in [0.05, 0.1) is 10.6 Å². The Labute approximate surface area is 109 Å². The monoisotopic (exact) mass is 261 g/mol. The topological polar surface area (TPSA) is 33.0 Å². The van der Waals surface area contributed by atoms with Crippen LogP contribution >= 0.6 is 11.6 Å². The van der Waals surface area contributed by atoms with E-state index in [2.05, 4.69) is 0 Å². The maximum Gasteiger partial charge on any atom is 0.141 e. The van der Waals surface area contributed by atoms with Gasteiger partial charge in [-0.05, 0) is 29.8 Å². The molecule has 0 bridgehead atoms. The summed E-state index contributed by atoms with van der Waals surface area (Å²) in [6, 6.07) is 13.4. The Kier molecular flexibility index (Phi) is 3.81. The first-order valence-corrected chi connectivity index (χ1v) is 5.64. The van der Waals surface area contributed by atoms with Crippen LogP contribution in [0.2, 0.25) is 5.02 Å². The van der Waals surface area contributed by atoms with E-state index in [0.29, 0.717) is 11.3 Å². The van der Waals surface area contributed by atoms with Gasteiger partial charge in [0.2, 0.25) is 0 Å². The fourth-order valence-corrected chi connectivity index (χ4v) is 1.68. The first-order chi connectivity index (χ1) is 8.70. The van der Waals surface area contributed by atoms with Crippen LogP contribution in [-0.4, -0.2) is 0 Å². The standard InChI is InChI=1S/C14H9ClFNO/c15-12-7-10(5-6-13(12)16)9-18-14-4-2-1-3-11(14)8-17/h1-7H,9H2. The van der Waals surface area contributed by atoms with E-state index in [4.69, 9.17) is 21.6 Å². The van der Waals surface area contributed by atoms with Crippen LogP contribution in [0.5, 0.6) is 5.75 Å². The number of hydrogen-bond acceptors (Lipinski definition) is 2. The van der Waals surface area contributed by atoms with Gasteiger partial charge in [0, 0.05) is 0 Å². The third kappa shape index (κ3) is 2.79. The summed E-state index contributed by atoms with van der Waals surface area (Å²) in [7, 11) is 0. The Morgan fingerprint density at radius 3 is 2.72 bits per heavy atom. The molecule has 4 heteroatoms. The van der Waals surface area contributed by atoms with E-state index in [-0.39, 0.29) is 11.6 Å². The number of nitriles is 1. The average Bonchev–Trinajstić information content (AvgIpc) is 2.40. The quantitative estimate of drug-likeness (QED) is 0.839. The van der Waals surface area contributed by atoms with Crippen LogP contribution in [0.3, 0.4) is 0 Å². The minimum atomic E-state index is -0.460. The number of benzene rings is 2. The zero-order chi connectivity index (χ0) is 13.0. The number of hydrogen-bond donors (Lipinski definition) is 0. The van der Waals surface area contributed by atoms with Crippen molar-refractivity contribution in [3.8, 4) is 11.8 Å². The maximum atomic E-state index is 13.0. The molecule has 0 aromatic heterocycles. The van der Waals surface area contributed by atoms with Crippen molar-refractivity contribution in [2.24, 2.45) is 0 Å². The van der Waals surface area contributed by atoms with Crippen LogP contribution in [0.1, 0.15) is 11.1 Å². The highest BCUT2D eigenvalue weighted by Crippen LogP contribution is 2.20. The van der Waals surface area contributed by atoms with Crippen LogP contribution in [0, 0.1) is 17.1 Å². The fraction of sp³-hybridized carbons (Fsp3) is 0.0714. The molecule has 0 unspecified atom stereocenters. The molecule has 0 fully saturated rings. The third-order valence-electron chi connectivity index (χ3n) is 2.39. The molecule has 0 saturated carbocycles. The van der Waals surface area contributed by atoms with Gasteiger partial charge in [-0.3, -0.25) is 0 Å². The highest BCUT2D eigenvalue weighted by molar-refractivity contribution is 6.30. The van der Waals surface area contributed by atoms with Crippen molar-refractivity contribution in [1.29, 1.82) is 5.26 Å². The van der Waals surface area contributed by atoms with Crippen LogP contribution in [0.15, 0.2) is 42.5 Å². The zero-order valence-electron chi connectivity index (χ0n) is 9.36. The minimum Gasteiger partial charge on any atom is -0.488 e. The van der Waals surface area contributed by atoms with Crippen LogP contribution in [0.4, 0.5) is 4.39 Å². The van der Waals surface area contributed by atoms with Crippen molar-refractivity contribution in [2.75, 3.05) is 0 Å². The van der Waals surface area contributed by atoms with Gasteiger partial charge in [-0.25, -0.2) is 4.39 Å². The third-order valence-corrected chi connectivity index (χ3v) is 2.68. The average molecular weight is 262 g/mol. The summed E-state index contributed by atoms with van der Waals surface area (Å²) < 4.78 is 18.5. The lowest BCUT2D eigenvalue weighted by Crippen LogP contribution is -1.97. The summed E-state index contributed by atoms with van der Waals surface area (Å²) in [5, 5.41) is 8.96. The van der Waals surface area contributed by atoms with Crippen molar-refractivity contribution in [1.82, 2.24) is 0 Å². The van der Waals surface area contributed by atoms with E-state index < -0.39 is 5.82 Å². The van der Waals surface area contributed by atoms with Crippen LogP contribution < -0.4 is 4.74 Å². The molecule has 0 aliphatic heterocycles. The van der Waals surface area contributed by atoms with E-state index >= 15 is 0 Å². The zero-order valence-corrected chi connectivity index (χ0v) is 10.1. The van der Waals surface area contributed by atoms with Gasteiger partial charge in [0.15, 0.2) is 0 Å². The van der Waals surface area contributed by atoms with Crippen molar-refractivity contribution in [3.05, 3.63) is 64.4 Å². The largest absolute Gasteiger partial charge is 0.488 e. The van der Waals surface area contributed by atoms with Gasteiger partial charge in [-0.2, -0.15) is 5.26 Å². The number of para-hydroxylation sites is 1. The first kappa shape index (κ1) is 12.4. The van der Waals surface area contributed by atoms with Gasteiger partial charge in [-0.1, -0.05) is 29.8 Å². The molecular formula is C14H9ClFNO. The molecule has 0 aliphatic carbocycles. The highest BCUT2D eigenvalue weighted by atomic mass is 35.5. The van der Waals surface area contributed by atoms with Gasteiger partial charge in [0.25, 0.3) is 0 Å². The molecule has 0 radical (unpaired) electrons. The summed E-state index contributed by atoms with van der Waals surface area (Å²) in [4.78, 5) is 0. The second-order valence-corrected chi connectivity index (χ2v) is 4.05. The normalized spacial score (nSPS) is 9.83. The second-order valence-electron chi connectivity index (χ2n) is 3.65. The SMILES string of the molecule is N#Cc1ccccc1OCc1ccc(F)c(Cl)c1. The van der Waals surface area contributed by atoms with Crippen LogP contribution in [-0.2, 0) is 6.61 Å². The maximum absolute atomic E-state index is 13.0. The summed E-state index contributed by atoms with van der Waals surface area (Å²) in [5.41, 5.74) is 1.21. The molecule has 2 aromatic carbocycles. The summed E-state index contributed by atoms with van der Waals surface area (Å²) in [6.45, 7) is 0.235. The Bertz CT molecular complexity index is 607. The Hall–Kier alpha value is -2.05. The van der Waals surface area contributed by atoms with E-state index in [0.717, 1.165) is 5.56 Å². The van der Waals surface area contributed by atoms with Gasteiger partial charge in [-0.15, -0.1) is 0 Å². The number of halogens is 2. The summed E-state index contributed by atoms with van der Waals surface area (Å²) >= 11 is 5.67. The molecule has 0 amide bonds. The van der Waals surface area contributed by atoms with Crippen molar-refractivity contribution >= 4 is 11.6 Å². The van der Waals surface area contributed by atoms with Crippen LogP contribution in [0.25, 0.3) is 0 Å². The fourth-order valence-electron chi connectivity index (χ4n) is 1.48. The molecule has 0 aliphatic rings. The molecule has 0 saturated heterocycles. The minimum absolute atomic E-state index is 0.0599. The number of ether oxygens (including phenoxy) is 1. The molecule has 18 heavy (non-hydrogen) atoms. The van der Waals surface area contributed by atoms with E-state index in [1.807, 2.05) is 6.07 Å². The lowest BCUT2D eigenvalue weighted by Gasteiger charge is -2.08. The molecule has 0 spiro atoms.